The van der Waals surface area contributed by atoms with Gasteiger partial charge in [-0.1, -0.05) is 12.1 Å². The number of rotatable bonds is 6. The SMILES string of the molecule is CP(=O)(CCC(N)C(=O)O)c1cccc(C(=O)O)c1. The summed E-state index contributed by atoms with van der Waals surface area (Å²) in [6, 6.07) is 4.81. The smallest absolute Gasteiger partial charge is 0.335 e. The molecule has 1 aromatic carbocycles. The molecule has 0 aliphatic carbocycles. The van der Waals surface area contributed by atoms with E-state index < -0.39 is 25.1 Å². The Balaban J connectivity index is 2.88. The molecule has 0 saturated heterocycles. The molecule has 2 atom stereocenters. The second-order valence-electron chi connectivity index (χ2n) is 4.41. The number of benzene rings is 1. The summed E-state index contributed by atoms with van der Waals surface area (Å²) in [4.78, 5) is 21.5. The van der Waals surface area contributed by atoms with Gasteiger partial charge in [0.2, 0.25) is 0 Å². The first-order valence-electron chi connectivity index (χ1n) is 5.63. The van der Waals surface area contributed by atoms with E-state index >= 15 is 0 Å². The third kappa shape index (κ3) is 4.19. The van der Waals surface area contributed by atoms with Crippen LogP contribution >= 0.6 is 7.14 Å². The van der Waals surface area contributed by atoms with Crippen molar-refractivity contribution >= 4 is 24.4 Å². The maximum absolute atomic E-state index is 12.5. The average Bonchev–Trinajstić information content (AvgIpc) is 2.36. The van der Waals surface area contributed by atoms with Crippen LogP contribution in [0.2, 0.25) is 0 Å². The Morgan fingerprint density at radius 1 is 1.37 bits per heavy atom. The zero-order valence-corrected chi connectivity index (χ0v) is 11.3. The predicted octanol–water partition coefficient (Wildman–Crippen LogP) is 0.805. The van der Waals surface area contributed by atoms with Crippen LogP contribution in [0.4, 0.5) is 0 Å². The van der Waals surface area contributed by atoms with Crippen LogP contribution in [-0.2, 0) is 9.36 Å². The zero-order valence-electron chi connectivity index (χ0n) is 10.4. The number of nitrogens with two attached hydrogens (primary N) is 1. The summed E-state index contributed by atoms with van der Waals surface area (Å²) >= 11 is 0. The average molecular weight is 285 g/mol. The fraction of sp³-hybridized carbons (Fsp3) is 0.333. The normalized spacial score (nSPS) is 15.5. The number of carboxylic acids is 2. The Hall–Kier alpha value is -1.65. The van der Waals surface area contributed by atoms with Crippen LogP contribution < -0.4 is 11.0 Å². The molecule has 0 aliphatic rings. The van der Waals surface area contributed by atoms with Gasteiger partial charge in [-0.15, -0.1) is 0 Å². The van der Waals surface area contributed by atoms with Gasteiger partial charge in [0.05, 0.1) is 5.56 Å². The van der Waals surface area contributed by atoms with E-state index in [1.807, 2.05) is 0 Å². The summed E-state index contributed by atoms with van der Waals surface area (Å²) in [5.41, 5.74) is 5.42. The third-order valence-corrected chi connectivity index (χ3v) is 5.31. The lowest BCUT2D eigenvalue weighted by Crippen LogP contribution is -2.31. The first-order chi connectivity index (χ1) is 8.74. The van der Waals surface area contributed by atoms with Crippen LogP contribution in [0, 0.1) is 0 Å². The topological polar surface area (TPSA) is 118 Å². The van der Waals surface area contributed by atoms with Crippen LogP contribution in [0.5, 0.6) is 0 Å². The maximum atomic E-state index is 12.5. The molecular formula is C12H16NO5P. The van der Waals surface area contributed by atoms with E-state index in [1.165, 1.54) is 24.9 Å². The fourth-order valence-electron chi connectivity index (χ4n) is 1.57. The first-order valence-corrected chi connectivity index (χ1v) is 7.97. The number of aromatic carboxylic acids is 1. The van der Waals surface area contributed by atoms with E-state index in [-0.39, 0.29) is 18.1 Å². The summed E-state index contributed by atoms with van der Waals surface area (Å²) in [6.07, 6.45) is 0.212. The quantitative estimate of drug-likeness (QED) is 0.665. The van der Waals surface area contributed by atoms with Crippen molar-refractivity contribution < 1.29 is 24.4 Å². The molecule has 0 aliphatic heterocycles. The van der Waals surface area contributed by atoms with Crippen molar-refractivity contribution in [2.45, 2.75) is 12.5 Å². The molecule has 6 nitrogen and oxygen atoms in total. The van der Waals surface area contributed by atoms with Crippen molar-refractivity contribution in [3.05, 3.63) is 29.8 Å². The van der Waals surface area contributed by atoms with Gasteiger partial charge in [0.1, 0.15) is 13.2 Å². The van der Waals surface area contributed by atoms with Gasteiger partial charge in [0.25, 0.3) is 0 Å². The van der Waals surface area contributed by atoms with Crippen molar-refractivity contribution in [1.29, 1.82) is 0 Å². The molecule has 0 amide bonds. The molecule has 0 saturated carbocycles. The molecule has 104 valence electrons. The lowest BCUT2D eigenvalue weighted by atomic mass is 10.2. The van der Waals surface area contributed by atoms with Gasteiger partial charge in [0, 0.05) is 11.5 Å². The second kappa shape index (κ2) is 5.99. The lowest BCUT2D eigenvalue weighted by molar-refractivity contribution is -0.138. The first kappa shape index (κ1) is 15.4. The van der Waals surface area contributed by atoms with Crippen molar-refractivity contribution in [1.82, 2.24) is 0 Å². The molecule has 0 bridgehead atoms. The maximum Gasteiger partial charge on any atom is 0.335 e. The number of hydrogen-bond acceptors (Lipinski definition) is 4. The van der Waals surface area contributed by atoms with Crippen LogP contribution in [-0.4, -0.2) is 41.0 Å². The third-order valence-electron chi connectivity index (χ3n) is 2.82. The van der Waals surface area contributed by atoms with Gasteiger partial charge >= 0.3 is 11.9 Å². The van der Waals surface area contributed by atoms with Gasteiger partial charge in [-0.3, -0.25) is 4.79 Å². The fourth-order valence-corrected chi connectivity index (χ4v) is 3.41. The highest BCUT2D eigenvalue weighted by Crippen LogP contribution is 2.40. The number of hydrogen-bond donors (Lipinski definition) is 3. The van der Waals surface area contributed by atoms with E-state index in [9.17, 15) is 14.2 Å². The van der Waals surface area contributed by atoms with E-state index in [1.54, 1.807) is 6.07 Å². The Labute approximate surface area is 110 Å². The molecule has 0 radical (unpaired) electrons. The summed E-state index contributed by atoms with van der Waals surface area (Å²) in [6.45, 7) is 1.50. The summed E-state index contributed by atoms with van der Waals surface area (Å²) in [5.74, 6) is -2.23. The van der Waals surface area contributed by atoms with Crippen molar-refractivity contribution in [2.75, 3.05) is 12.8 Å². The van der Waals surface area contributed by atoms with Crippen molar-refractivity contribution in [3.8, 4) is 0 Å². The second-order valence-corrected chi connectivity index (χ2v) is 7.58. The van der Waals surface area contributed by atoms with E-state index in [0.717, 1.165) is 0 Å². The van der Waals surface area contributed by atoms with Crippen LogP contribution in [0.15, 0.2) is 24.3 Å². The number of carbonyl (C=O) groups is 2. The molecule has 1 rings (SSSR count). The molecule has 4 N–H and O–H groups in total. The highest BCUT2D eigenvalue weighted by atomic mass is 31.2. The standard InChI is InChI=1S/C12H16NO5P/c1-19(18,6-5-10(13)12(16)17)9-4-2-3-8(7-9)11(14)15/h2-4,7,10H,5-6,13H2,1H3,(H,14,15)(H,16,17). The Morgan fingerprint density at radius 2 is 2.00 bits per heavy atom. The van der Waals surface area contributed by atoms with E-state index in [4.69, 9.17) is 15.9 Å². The molecular weight excluding hydrogens is 269 g/mol. The van der Waals surface area contributed by atoms with Gasteiger partial charge in [-0.2, -0.15) is 0 Å². The minimum absolute atomic E-state index is 0.0575. The molecule has 0 spiro atoms. The molecule has 0 aromatic heterocycles. The molecule has 2 unspecified atom stereocenters. The van der Waals surface area contributed by atoms with Gasteiger partial charge in [-0.25, -0.2) is 4.79 Å². The summed E-state index contributed by atoms with van der Waals surface area (Å²) in [7, 11) is -2.81. The Kier molecular flexibility index (Phi) is 4.86. The highest BCUT2D eigenvalue weighted by molar-refractivity contribution is 7.70. The molecule has 19 heavy (non-hydrogen) atoms. The number of aliphatic carboxylic acids is 1. The van der Waals surface area contributed by atoms with E-state index in [0.29, 0.717) is 5.30 Å². The largest absolute Gasteiger partial charge is 0.480 e. The van der Waals surface area contributed by atoms with Crippen LogP contribution in [0.3, 0.4) is 0 Å². The highest BCUT2D eigenvalue weighted by Gasteiger charge is 2.22. The summed E-state index contributed by atoms with van der Waals surface area (Å²) < 4.78 is 12.5. The Bertz CT molecular complexity index is 543. The van der Waals surface area contributed by atoms with Gasteiger partial charge in [0.15, 0.2) is 0 Å². The minimum atomic E-state index is -2.81. The zero-order chi connectivity index (χ0) is 14.6. The number of carboxylic acid groups (broad SMARTS) is 2. The van der Waals surface area contributed by atoms with Gasteiger partial charge < -0.3 is 20.5 Å². The molecule has 0 fully saturated rings. The summed E-state index contributed by atoms with van der Waals surface area (Å²) in [5, 5.41) is 18.0. The molecule has 1 aromatic rings. The van der Waals surface area contributed by atoms with Crippen molar-refractivity contribution in [3.63, 3.8) is 0 Å². The molecule has 0 heterocycles. The Morgan fingerprint density at radius 3 is 2.53 bits per heavy atom. The van der Waals surface area contributed by atoms with Crippen LogP contribution in [0.25, 0.3) is 0 Å². The van der Waals surface area contributed by atoms with E-state index in [2.05, 4.69) is 0 Å². The molecule has 7 heteroatoms. The minimum Gasteiger partial charge on any atom is -0.480 e. The van der Waals surface area contributed by atoms with Gasteiger partial charge in [-0.05, 0) is 25.2 Å². The monoisotopic (exact) mass is 285 g/mol. The van der Waals surface area contributed by atoms with Crippen LogP contribution in [0.1, 0.15) is 16.8 Å². The predicted molar refractivity (Wildman–Crippen MR) is 71.7 cm³/mol. The lowest BCUT2D eigenvalue weighted by Gasteiger charge is -2.15. The van der Waals surface area contributed by atoms with Crippen molar-refractivity contribution in [2.24, 2.45) is 5.73 Å².